The van der Waals surface area contributed by atoms with Gasteiger partial charge in [0, 0.05) is 44.0 Å². The SMILES string of the molecule is CCOc1ccc(/C(C)=N/NC(=O)c2ccc(CN3CCN(c4ccccc4)CC3)cc2)cc1. The van der Waals surface area contributed by atoms with E-state index in [0.717, 1.165) is 49.7 Å². The Kier molecular flexibility index (Phi) is 7.94. The van der Waals surface area contributed by atoms with Gasteiger partial charge in [0.15, 0.2) is 0 Å². The molecule has 3 aromatic carbocycles. The zero-order chi connectivity index (χ0) is 23.8. The summed E-state index contributed by atoms with van der Waals surface area (Å²) in [5.74, 6) is 0.606. The van der Waals surface area contributed by atoms with E-state index in [4.69, 9.17) is 4.74 Å². The number of ether oxygens (including phenoxy) is 1. The van der Waals surface area contributed by atoms with Crippen molar-refractivity contribution in [1.29, 1.82) is 0 Å². The second-order valence-corrected chi connectivity index (χ2v) is 8.39. The van der Waals surface area contributed by atoms with Gasteiger partial charge in [-0.05, 0) is 73.5 Å². The molecule has 0 radical (unpaired) electrons. The molecule has 0 aromatic heterocycles. The molecule has 1 N–H and O–H groups in total. The number of benzene rings is 3. The fourth-order valence-corrected chi connectivity index (χ4v) is 4.05. The Labute approximate surface area is 201 Å². The van der Waals surface area contributed by atoms with Crippen LogP contribution in [0.25, 0.3) is 0 Å². The van der Waals surface area contributed by atoms with E-state index < -0.39 is 0 Å². The van der Waals surface area contributed by atoms with Crippen LogP contribution in [0, 0.1) is 0 Å². The van der Waals surface area contributed by atoms with Crippen LogP contribution in [0.3, 0.4) is 0 Å². The van der Waals surface area contributed by atoms with Gasteiger partial charge in [-0.3, -0.25) is 9.69 Å². The van der Waals surface area contributed by atoms with E-state index in [1.807, 2.05) is 62.4 Å². The van der Waals surface area contributed by atoms with Crippen LogP contribution in [-0.2, 0) is 6.54 Å². The molecule has 1 aliphatic heterocycles. The van der Waals surface area contributed by atoms with Crippen molar-refractivity contribution in [3.05, 3.63) is 95.6 Å². The van der Waals surface area contributed by atoms with Gasteiger partial charge in [-0.25, -0.2) is 5.43 Å². The smallest absolute Gasteiger partial charge is 0.271 e. The van der Waals surface area contributed by atoms with Crippen LogP contribution in [-0.4, -0.2) is 49.3 Å². The summed E-state index contributed by atoms with van der Waals surface area (Å²) in [5.41, 5.74) is 7.43. The Hall–Kier alpha value is -3.64. The maximum atomic E-state index is 12.5. The van der Waals surface area contributed by atoms with Crippen molar-refractivity contribution in [2.45, 2.75) is 20.4 Å². The molecule has 0 atom stereocenters. The monoisotopic (exact) mass is 456 g/mol. The van der Waals surface area contributed by atoms with Gasteiger partial charge in [0.2, 0.25) is 0 Å². The summed E-state index contributed by atoms with van der Waals surface area (Å²) >= 11 is 0. The lowest BCUT2D eigenvalue weighted by Gasteiger charge is -2.36. The summed E-state index contributed by atoms with van der Waals surface area (Å²) in [4.78, 5) is 17.4. The van der Waals surface area contributed by atoms with Crippen LogP contribution in [0.2, 0.25) is 0 Å². The molecule has 1 aliphatic rings. The number of nitrogens with one attached hydrogen (secondary N) is 1. The maximum Gasteiger partial charge on any atom is 0.271 e. The van der Waals surface area contributed by atoms with Crippen molar-refractivity contribution < 1.29 is 9.53 Å². The predicted molar refractivity (Wildman–Crippen MR) is 138 cm³/mol. The first-order valence-corrected chi connectivity index (χ1v) is 11.8. The van der Waals surface area contributed by atoms with E-state index in [2.05, 4.69) is 50.7 Å². The highest BCUT2D eigenvalue weighted by Crippen LogP contribution is 2.17. The second kappa shape index (κ2) is 11.5. The Morgan fingerprint density at radius 1 is 0.882 bits per heavy atom. The molecule has 3 aromatic rings. The van der Waals surface area contributed by atoms with Crippen LogP contribution in [0.15, 0.2) is 84.0 Å². The number of hydrazone groups is 1. The Morgan fingerprint density at radius 2 is 1.53 bits per heavy atom. The van der Waals surface area contributed by atoms with Crippen molar-refractivity contribution in [3.63, 3.8) is 0 Å². The summed E-state index contributed by atoms with van der Waals surface area (Å²) < 4.78 is 5.46. The van der Waals surface area contributed by atoms with Crippen LogP contribution >= 0.6 is 0 Å². The zero-order valence-electron chi connectivity index (χ0n) is 19.9. The summed E-state index contributed by atoms with van der Waals surface area (Å²) in [7, 11) is 0. The van der Waals surface area contributed by atoms with Crippen molar-refractivity contribution in [2.24, 2.45) is 5.10 Å². The normalized spacial score (nSPS) is 14.6. The number of hydrogen-bond donors (Lipinski definition) is 1. The quantitative estimate of drug-likeness (QED) is 0.399. The van der Waals surface area contributed by atoms with Crippen LogP contribution < -0.4 is 15.1 Å². The molecule has 0 spiro atoms. The van der Waals surface area contributed by atoms with Crippen LogP contribution in [0.4, 0.5) is 5.69 Å². The van der Waals surface area contributed by atoms with Gasteiger partial charge in [-0.1, -0.05) is 30.3 Å². The minimum atomic E-state index is -0.215. The Bertz CT molecular complexity index is 1090. The molecule has 4 rings (SSSR count). The van der Waals surface area contributed by atoms with Gasteiger partial charge >= 0.3 is 0 Å². The number of hydrogen-bond acceptors (Lipinski definition) is 5. The maximum absolute atomic E-state index is 12.5. The number of rotatable bonds is 8. The molecule has 6 heteroatoms. The number of anilines is 1. The van der Waals surface area contributed by atoms with E-state index in [0.29, 0.717) is 12.2 Å². The number of para-hydroxylation sites is 1. The lowest BCUT2D eigenvalue weighted by Crippen LogP contribution is -2.45. The fraction of sp³-hybridized carbons (Fsp3) is 0.286. The highest BCUT2D eigenvalue weighted by atomic mass is 16.5. The van der Waals surface area contributed by atoms with E-state index in [1.165, 1.54) is 11.3 Å². The first kappa shape index (κ1) is 23.5. The van der Waals surface area contributed by atoms with Gasteiger partial charge in [-0.2, -0.15) is 5.10 Å². The Balaban J connectivity index is 1.27. The van der Waals surface area contributed by atoms with Crippen LogP contribution in [0.5, 0.6) is 5.75 Å². The Morgan fingerprint density at radius 3 is 2.18 bits per heavy atom. The van der Waals surface area contributed by atoms with Crippen molar-refractivity contribution in [2.75, 3.05) is 37.7 Å². The molecule has 1 heterocycles. The number of piperazine rings is 1. The lowest BCUT2D eigenvalue weighted by atomic mass is 10.1. The highest BCUT2D eigenvalue weighted by Gasteiger charge is 2.17. The highest BCUT2D eigenvalue weighted by molar-refractivity contribution is 6.00. The molecule has 1 saturated heterocycles. The molecule has 34 heavy (non-hydrogen) atoms. The summed E-state index contributed by atoms with van der Waals surface area (Å²) in [6.45, 7) is 9.44. The molecule has 176 valence electrons. The van der Waals surface area contributed by atoms with E-state index in [1.54, 1.807) is 0 Å². The third-order valence-corrected chi connectivity index (χ3v) is 6.02. The molecule has 0 aliphatic carbocycles. The average Bonchev–Trinajstić information content (AvgIpc) is 2.89. The number of amides is 1. The van der Waals surface area contributed by atoms with Crippen molar-refractivity contribution in [3.8, 4) is 5.75 Å². The predicted octanol–water partition coefficient (Wildman–Crippen LogP) is 4.56. The molecule has 1 amide bonds. The van der Waals surface area contributed by atoms with Gasteiger partial charge in [0.25, 0.3) is 5.91 Å². The van der Waals surface area contributed by atoms with Gasteiger partial charge in [0.1, 0.15) is 5.75 Å². The first-order valence-electron chi connectivity index (χ1n) is 11.8. The number of nitrogens with zero attached hydrogens (tertiary/aromatic N) is 3. The minimum Gasteiger partial charge on any atom is -0.494 e. The average molecular weight is 457 g/mol. The molecular formula is C28H32N4O2. The van der Waals surface area contributed by atoms with Gasteiger partial charge in [-0.15, -0.1) is 0 Å². The molecule has 0 unspecified atom stereocenters. The van der Waals surface area contributed by atoms with Gasteiger partial charge < -0.3 is 9.64 Å². The molecular weight excluding hydrogens is 424 g/mol. The van der Waals surface area contributed by atoms with Crippen molar-refractivity contribution in [1.82, 2.24) is 10.3 Å². The van der Waals surface area contributed by atoms with Gasteiger partial charge in [0.05, 0.1) is 12.3 Å². The summed E-state index contributed by atoms with van der Waals surface area (Å²) in [6, 6.07) is 26.0. The van der Waals surface area contributed by atoms with Crippen molar-refractivity contribution >= 4 is 17.3 Å². The molecule has 0 bridgehead atoms. The molecule has 0 saturated carbocycles. The van der Waals surface area contributed by atoms with E-state index in [9.17, 15) is 4.79 Å². The molecule has 1 fully saturated rings. The second-order valence-electron chi connectivity index (χ2n) is 8.39. The van der Waals surface area contributed by atoms with Crippen LogP contribution in [0.1, 0.15) is 35.3 Å². The lowest BCUT2D eigenvalue weighted by molar-refractivity contribution is 0.0955. The minimum absolute atomic E-state index is 0.215. The zero-order valence-corrected chi connectivity index (χ0v) is 19.9. The third kappa shape index (κ3) is 6.23. The number of carbonyl (C=O) groups is 1. The first-order chi connectivity index (χ1) is 16.6. The largest absolute Gasteiger partial charge is 0.494 e. The summed E-state index contributed by atoms with van der Waals surface area (Å²) in [5, 5.41) is 4.26. The molecule has 6 nitrogen and oxygen atoms in total. The number of carbonyl (C=O) groups excluding carboxylic acids is 1. The summed E-state index contributed by atoms with van der Waals surface area (Å²) in [6.07, 6.45) is 0. The fourth-order valence-electron chi connectivity index (χ4n) is 4.05. The van der Waals surface area contributed by atoms with E-state index >= 15 is 0 Å². The topological polar surface area (TPSA) is 57.2 Å². The standard InChI is InChI=1S/C28H32N4O2/c1-3-34-27-15-13-24(14-16-27)22(2)29-30-28(33)25-11-9-23(10-12-25)21-31-17-19-32(20-18-31)26-7-5-4-6-8-26/h4-16H,3,17-21H2,1-2H3,(H,30,33)/b29-22+. The third-order valence-electron chi connectivity index (χ3n) is 6.02. The van der Waals surface area contributed by atoms with E-state index in [-0.39, 0.29) is 5.91 Å².